The lowest BCUT2D eigenvalue weighted by atomic mass is 10.0. The third kappa shape index (κ3) is 2.08. The molecule has 3 aromatic rings. The molecule has 20 heavy (non-hydrogen) atoms. The Kier molecular flexibility index (Phi) is 3.24. The third-order valence-electron chi connectivity index (χ3n) is 3.07. The first-order valence-corrected chi connectivity index (χ1v) is 6.33. The van der Waals surface area contributed by atoms with Gasteiger partial charge in [-0.3, -0.25) is 0 Å². The fourth-order valence-corrected chi connectivity index (χ4v) is 2.30. The van der Waals surface area contributed by atoms with E-state index in [2.05, 4.69) is 10.2 Å². The highest BCUT2D eigenvalue weighted by molar-refractivity contribution is 6.34. The molecule has 1 aromatic heterocycles. The maximum absolute atomic E-state index is 13.8. The molecule has 0 atom stereocenters. The summed E-state index contributed by atoms with van der Waals surface area (Å²) in [5.41, 5.74) is 1.22. The molecule has 0 saturated heterocycles. The summed E-state index contributed by atoms with van der Waals surface area (Å²) in [6, 6.07) is 12.2. The number of ether oxygens (including phenoxy) is 1. The second-order valence-corrected chi connectivity index (χ2v) is 4.59. The van der Waals surface area contributed by atoms with Gasteiger partial charge in [0.1, 0.15) is 5.69 Å². The van der Waals surface area contributed by atoms with Gasteiger partial charge in [-0.2, -0.15) is 0 Å². The third-order valence-corrected chi connectivity index (χ3v) is 3.35. The van der Waals surface area contributed by atoms with Gasteiger partial charge in [0.25, 0.3) is 0 Å². The van der Waals surface area contributed by atoms with Crippen molar-refractivity contribution in [1.29, 1.82) is 0 Å². The molecule has 0 radical (unpaired) electrons. The van der Waals surface area contributed by atoms with Crippen LogP contribution in [0.3, 0.4) is 0 Å². The summed E-state index contributed by atoms with van der Waals surface area (Å²) >= 11 is 6.03. The molecule has 2 aromatic carbocycles. The topological polar surface area (TPSA) is 35.0 Å². The minimum Gasteiger partial charge on any atom is -0.494 e. The van der Waals surface area contributed by atoms with Gasteiger partial charge in [-0.15, -0.1) is 10.2 Å². The summed E-state index contributed by atoms with van der Waals surface area (Å²) < 4.78 is 18.7. The summed E-state index contributed by atoms with van der Waals surface area (Å²) in [6.07, 6.45) is 0. The van der Waals surface area contributed by atoms with Crippen LogP contribution in [-0.2, 0) is 0 Å². The Hall–Kier alpha value is -2.20. The van der Waals surface area contributed by atoms with Crippen LogP contribution in [-0.4, -0.2) is 17.3 Å². The number of benzene rings is 2. The zero-order chi connectivity index (χ0) is 14.1. The molecule has 0 amide bonds. The minimum absolute atomic E-state index is 0.194. The van der Waals surface area contributed by atoms with Crippen LogP contribution in [0, 0.1) is 5.82 Å². The van der Waals surface area contributed by atoms with Crippen LogP contribution in [0.25, 0.3) is 22.0 Å². The number of aromatic nitrogens is 2. The van der Waals surface area contributed by atoms with Gasteiger partial charge >= 0.3 is 0 Å². The molecule has 0 saturated carbocycles. The molecule has 0 aliphatic rings. The quantitative estimate of drug-likeness (QED) is 0.712. The molecule has 0 spiro atoms. The van der Waals surface area contributed by atoms with E-state index < -0.39 is 5.82 Å². The molecule has 0 aliphatic heterocycles. The first-order valence-electron chi connectivity index (χ1n) is 5.95. The lowest BCUT2D eigenvalue weighted by Gasteiger charge is -2.08. The molecule has 100 valence electrons. The fraction of sp³-hybridized carbons (Fsp3) is 0.0667. The van der Waals surface area contributed by atoms with E-state index in [1.807, 2.05) is 24.3 Å². The van der Waals surface area contributed by atoms with Crippen molar-refractivity contribution in [3.05, 3.63) is 53.4 Å². The largest absolute Gasteiger partial charge is 0.494 e. The van der Waals surface area contributed by atoms with Gasteiger partial charge in [0, 0.05) is 16.3 Å². The Bertz CT molecular complexity index is 792. The van der Waals surface area contributed by atoms with E-state index in [1.165, 1.54) is 13.2 Å². The minimum atomic E-state index is -0.439. The first kappa shape index (κ1) is 12.8. The monoisotopic (exact) mass is 288 g/mol. The van der Waals surface area contributed by atoms with Crippen molar-refractivity contribution in [1.82, 2.24) is 10.2 Å². The average molecular weight is 289 g/mol. The van der Waals surface area contributed by atoms with E-state index in [1.54, 1.807) is 12.1 Å². The van der Waals surface area contributed by atoms with Gasteiger partial charge in [0.15, 0.2) is 16.7 Å². The van der Waals surface area contributed by atoms with Crippen LogP contribution in [0.1, 0.15) is 0 Å². The van der Waals surface area contributed by atoms with Gasteiger partial charge in [-0.25, -0.2) is 4.39 Å². The summed E-state index contributed by atoms with van der Waals surface area (Å²) in [4.78, 5) is 0. The number of fused-ring (bicyclic) bond motifs is 1. The lowest BCUT2D eigenvalue weighted by Crippen LogP contribution is -1.93. The fourth-order valence-electron chi connectivity index (χ4n) is 2.10. The molecule has 3 nitrogen and oxygen atoms in total. The maximum atomic E-state index is 13.8. The summed E-state index contributed by atoms with van der Waals surface area (Å²) in [5.74, 6) is -0.245. The molecular weight excluding hydrogens is 279 g/mol. The first-order chi connectivity index (χ1) is 9.70. The van der Waals surface area contributed by atoms with Crippen molar-refractivity contribution < 1.29 is 9.13 Å². The molecule has 0 N–H and O–H groups in total. The number of rotatable bonds is 2. The lowest BCUT2D eigenvalue weighted by molar-refractivity contribution is 0.386. The summed E-state index contributed by atoms with van der Waals surface area (Å²) in [6.45, 7) is 0. The Morgan fingerprint density at radius 2 is 1.80 bits per heavy atom. The van der Waals surface area contributed by atoms with Crippen LogP contribution in [0.15, 0.2) is 42.5 Å². The van der Waals surface area contributed by atoms with Crippen molar-refractivity contribution in [3.63, 3.8) is 0 Å². The molecular formula is C15H10ClFN2O. The SMILES string of the molecule is COc1ccc(-c2nnc(Cl)c3ccccc23)cc1F. The van der Waals surface area contributed by atoms with Crippen molar-refractivity contribution in [2.75, 3.05) is 7.11 Å². The zero-order valence-corrected chi connectivity index (χ0v) is 11.4. The number of methoxy groups -OCH3 is 1. The standard InChI is InChI=1S/C15H10ClFN2O/c1-20-13-7-6-9(8-12(13)17)14-10-4-2-3-5-11(10)15(16)19-18-14/h2-8H,1H3. The van der Waals surface area contributed by atoms with Crippen LogP contribution in [0.5, 0.6) is 5.75 Å². The number of nitrogens with zero attached hydrogens (tertiary/aromatic N) is 2. The second kappa shape index (κ2) is 5.06. The van der Waals surface area contributed by atoms with Crippen LogP contribution >= 0.6 is 11.6 Å². The van der Waals surface area contributed by atoms with E-state index >= 15 is 0 Å². The van der Waals surface area contributed by atoms with E-state index in [4.69, 9.17) is 16.3 Å². The van der Waals surface area contributed by atoms with Gasteiger partial charge < -0.3 is 4.74 Å². The number of halogens is 2. The van der Waals surface area contributed by atoms with Gasteiger partial charge in [0.2, 0.25) is 0 Å². The highest BCUT2D eigenvalue weighted by Gasteiger charge is 2.11. The summed E-state index contributed by atoms with van der Waals surface area (Å²) in [7, 11) is 1.43. The zero-order valence-electron chi connectivity index (χ0n) is 10.6. The molecule has 5 heteroatoms. The van der Waals surface area contributed by atoms with Crippen LogP contribution in [0.2, 0.25) is 5.15 Å². The van der Waals surface area contributed by atoms with Crippen LogP contribution < -0.4 is 4.74 Å². The van der Waals surface area contributed by atoms with E-state index in [9.17, 15) is 4.39 Å². The highest BCUT2D eigenvalue weighted by atomic mass is 35.5. The predicted molar refractivity (Wildman–Crippen MR) is 76.5 cm³/mol. The van der Waals surface area contributed by atoms with Crippen molar-refractivity contribution in [3.8, 4) is 17.0 Å². The van der Waals surface area contributed by atoms with Gasteiger partial charge in [-0.05, 0) is 18.2 Å². The molecule has 0 unspecified atom stereocenters. The maximum Gasteiger partial charge on any atom is 0.165 e. The van der Waals surface area contributed by atoms with Crippen LogP contribution in [0.4, 0.5) is 4.39 Å². The smallest absolute Gasteiger partial charge is 0.165 e. The Labute approximate surface area is 120 Å². The molecule has 0 aliphatic carbocycles. The highest BCUT2D eigenvalue weighted by Crippen LogP contribution is 2.31. The van der Waals surface area contributed by atoms with Gasteiger partial charge in [0.05, 0.1) is 7.11 Å². The number of hydrogen-bond donors (Lipinski definition) is 0. The molecule has 0 bridgehead atoms. The molecule has 0 fully saturated rings. The Morgan fingerprint density at radius 1 is 1.05 bits per heavy atom. The number of hydrogen-bond acceptors (Lipinski definition) is 3. The van der Waals surface area contributed by atoms with Crippen molar-refractivity contribution in [2.24, 2.45) is 0 Å². The second-order valence-electron chi connectivity index (χ2n) is 4.23. The summed E-state index contributed by atoms with van der Waals surface area (Å²) in [5, 5.41) is 9.95. The Morgan fingerprint density at radius 3 is 2.50 bits per heavy atom. The van der Waals surface area contributed by atoms with Crippen molar-refractivity contribution >= 4 is 22.4 Å². The normalized spacial score (nSPS) is 10.8. The van der Waals surface area contributed by atoms with Gasteiger partial charge in [-0.1, -0.05) is 35.9 Å². The predicted octanol–water partition coefficient (Wildman–Crippen LogP) is 4.10. The molecule has 3 rings (SSSR count). The molecule has 1 heterocycles. The van der Waals surface area contributed by atoms with E-state index in [0.29, 0.717) is 16.4 Å². The van der Waals surface area contributed by atoms with Crippen molar-refractivity contribution in [2.45, 2.75) is 0 Å². The van der Waals surface area contributed by atoms with E-state index in [-0.39, 0.29) is 5.75 Å². The average Bonchev–Trinajstić information content (AvgIpc) is 2.48. The van der Waals surface area contributed by atoms with E-state index in [0.717, 1.165) is 10.8 Å². The Balaban J connectivity index is 2.25.